The van der Waals surface area contributed by atoms with E-state index < -0.39 is 0 Å². The largest absolute Gasteiger partial charge is 0.317 e. The number of nitrogens with zero attached hydrogens (tertiary/aromatic N) is 1. The Bertz CT molecular complexity index is 117. The van der Waals surface area contributed by atoms with Crippen LogP contribution in [0.1, 0.15) is 26.2 Å². The highest BCUT2D eigenvalue weighted by atomic mass is 15.1. The van der Waals surface area contributed by atoms with E-state index in [2.05, 4.69) is 31.2 Å². The van der Waals surface area contributed by atoms with E-state index in [4.69, 9.17) is 0 Å². The van der Waals surface area contributed by atoms with Crippen LogP contribution in [0.25, 0.3) is 0 Å². The summed E-state index contributed by atoms with van der Waals surface area (Å²) in [5.74, 6) is 0.922. The van der Waals surface area contributed by atoms with E-state index in [0.29, 0.717) is 0 Å². The van der Waals surface area contributed by atoms with Crippen molar-refractivity contribution < 1.29 is 0 Å². The van der Waals surface area contributed by atoms with Crippen molar-refractivity contribution in [1.29, 1.82) is 0 Å². The fraction of sp³-hybridized carbons (Fsp3) is 1.00. The average molecular weight is 170 g/mol. The Balaban J connectivity index is 2.40. The summed E-state index contributed by atoms with van der Waals surface area (Å²) in [6, 6.07) is 0.798. The van der Waals surface area contributed by atoms with E-state index in [1.54, 1.807) is 0 Å². The van der Waals surface area contributed by atoms with Gasteiger partial charge < -0.3 is 10.2 Å². The summed E-state index contributed by atoms with van der Waals surface area (Å²) in [5, 5.41) is 3.41. The molecule has 72 valence electrons. The van der Waals surface area contributed by atoms with Gasteiger partial charge in [0.05, 0.1) is 0 Å². The molecule has 2 nitrogen and oxygen atoms in total. The van der Waals surface area contributed by atoms with E-state index >= 15 is 0 Å². The summed E-state index contributed by atoms with van der Waals surface area (Å²) in [4.78, 5) is 2.38. The van der Waals surface area contributed by atoms with Crippen molar-refractivity contribution in [2.24, 2.45) is 5.92 Å². The first-order valence-corrected chi connectivity index (χ1v) is 5.12. The van der Waals surface area contributed by atoms with Crippen LogP contribution < -0.4 is 5.32 Å². The van der Waals surface area contributed by atoms with Crippen molar-refractivity contribution in [3.05, 3.63) is 0 Å². The standard InChI is InChI=1S/C10H22N2/c1-4-10(12(2)3)9-5-7-11-8-6-9/h9-11H,4-8H2,1-3H3. The van der Waals surface area contributed by atoms with Gasteiger partial charge in [0, 0.05) is 6.04 Å². The van der Waals surface area contributed by atoms with Crippen LogP contribution in [0, 0.1) is 5.92 Å². The molecule has 0 aliphatic carbocycles. The van der Waals surface area contributed by atoms with Crippen LogP contribution in [0.4, 0.5) is 0 Å². The highest BCUT2D eigenvalue weighted by Gasteiger charge is 2.23. The summed E-state index contributed by atoms with van der Waals surface area (Å²) in [6.45, 7) is 4.73. The maximum atomic E-state index is 3.41. The maximum Gasteiger partial charge on any atom is 0.0116 e. The average Bonchev–Trinajstić information content (AvgIpc) is 2.07. The summed E-state index contributed by atoms with van der Waals surface area (Å²) < 4.78 is 0. The molecule has 1 unspecified atom stereocenters. The highest BCUT2D eigenvalue weighted by molar-refractivity contribution is 4.79. The first kappa shape index (κ1) is 10.0. The van der Waals surface area contributed by atoms with Gasteiger partial charge in [0.25, 0.3) is 0 Å². The maximum absolute atomic E-state index is 3.41. The van der Waals surface area contributed by atoms with Crippen molar-refractivity contribution in [2.75, 3.05) is 27.2 Å². The van der Waals surface area contributed by atoms with Gasteiger partial charge in [-0.2, -0.15) is 0 Å². The zero-order valence-electron chi connectivity index (χ0n) is 8.64. The molecule has 0 bridgehead atoms. The molecule has 1 fully saturated rings. The summed E-state index contributed by atoms with van der Waals surface area (Å²) in [6.07, 6.45) is 4.00. The van der Waals surface area contributed by atoms with Gasteiger partial charge >= 0.3 is 0 Å². The lowest BCUT2D eigenvalue weighted by molar-refractivity contribution is 0.171. The molecule has 0 aromatic rings. The quantitative estimate of drug-likeness (QED) is 0.687. The van der Waals surface area contributed by atoms with Crippen molar-refractivity contribution in [2.45, 2.75) is 32.2 Å². The molecule has 1 N–H and O–H groups in total. The number of rotatable bonds is 3. The molecular formula is C10H22N2. The lowest BCUT2D eigenvalue weighted by atomic mass is 9.88. The van der Waals surface area contributed by atoms with Crippen molar-refractivity contribution in [3.63, 3.8) is 0 Å². The topological polar surface area (TPSA) is 15.3 Å². The van der Waals surface area contributed by atoms with Gasteiger partial charge in [-0.25, -0.2) is 0 Å². The summed E-state index contributed by atoms with van der Waals surface area (Å²) >= 11 is 0. The Hall–Kier alpha value is -0.0800. The smallest absolute Gasteiger partial charge is 0.0116 e. The zero-order valence-corrected chi connectivity index (χ0v) is 8.64. The Morgan fingerprint density at radius 1 is 1.33 bits per heavy atom. The molecule has 0 saturated carbocycles. The van der Waals surface area contributed by atoms with Crippen LogP contribution in [0.5, 0.6) is 0 Å². The lowest BCUT2D eigenvalue weighted by Crippen LogP contribution is -2.40. The van der Waals surface area contributed by atoms with E-state index in [-0.39, 0.29) is 0 Å². The molecule has 2 heteroatoms. The SMILES string of the molecule is CCC(C1CCNCC1)N(C)C. The molecule has 1 rings (SSSR count). The Morgan fingerprint density at radius 2 is 1.92 bits per heavy atom. The van der Waals surface area contributed by atoms with Gasteiger partial charge in [-0.05, 0) is 52.4 Å². The van der Waals surface area contributed by atoms with Crippen LogP contribution in [-0.4, -0.2) is 38.1 Å². The minimum atomic E-state index is 0.798. The monoisotopic (exact) mass is 170 g/mol. The van der Waals surface area contributed by atoms with Crippen molar-refractivity contribution >= 4 is 0 Å². The van der Waals surface area contributed by atoms with Crippen LogP contribution in [0.3, 0.4) is 0 Å². The fourth-order valence-electron chi connectivity index (χ4n) is 2.35. The minimum absolute atomic E-state index is 0.798. The first-order chi connectivity index (χ1) is 5.75. The molecule has 1 saturated heterocycles. The number of hydrogen-bond donors (Lipinski definition) is 1. The van der Waals surface area contributed by atoms with Gasteiger partial charge in [-0.15, -0.1) is 0 Å². The molecule has 1 aliphatic rings. The molecule has 12 heavy (non-hydrogen) atoms. The molecule has 0 radical (unpaired) electrons. The number of piperidine rings is 1. The third kappa shape index (κ3) is 2.46. The van der Waals surface area contributed by atoms with Gasteiger partial charge in [0.2, 0.25) is 0 Å². The normalized spacial score (nSPS) is 23.0. The van der Waals surface area contributed by atoms with E-state index in [9.17, 15) is 0 Å². The lowest BCUT2D eigenvalue weighted by Gasteiger charge is -2.34. The third-order valence-corrected chi connectivity index (χ3v) is 3.01. The summed E-state index contributed by atoms with van der Waals surface area (Å²) in [5.41, 5.74) is 0. The number of nitrogens with one attached hydrogen (secondary N) is 1. The summed E-state index contributed by atoms with van der Waals surface area (Å²) in [7, 11) is 4.41. The molecule has 1 aliphatic heterocycles. The predicted octanol–water partition coefficient (Wildman–Crippen LogP) is 1.33. The number of hydrogen-bond acceptors (Lipinski definition) is 2. The van der Waals surface area contributed by atoms with Crippen LogP contribution in [0.2, 0.25) is 0 Å². The fourth-order valence-corrected chi connectivity index (χ4v) is 2.35. The van der Waals surface area contributed by atoms with Crippen molar-refractivity contribution in [1.82, 2.24) is 10.2 Å². The molecule has 1 heterocycles. The minimum Gasteiger partial charge on any atom is -0.317 e. The first-order valence-electron chi connectivity index (χ1n) is 5.12. The van der Waals surface area contributed by atoms with Gasteiger partial charge in [0.1, 0.15) is 0 Å². The van der Waals surface area contributed by atoms with Crippen LogP contribution >= 0.6 is 0 Å². The van der Waals surface area contributed by atoms with E-state index in [1.807, 2.05) is 0 Å². The Kier molecular flexibility index (Phi) is 4.02. The van der Waals surface area contributed by atoms with Crippen molar-refractivity contribution in [3.8, 4) is 0 Å². The van der Waals surface area contributed by atoms with Crippen LogP contribution in [0.15, 0.2) is 0 Å². The molecule has 0 spiro atoms. The predicted molar refractivity (Wildman–Crippen MR) is 53.4 cm³/mol. The molecule has 0 amide bonds. The molecular weight excluding hydrogens is 148 g/mol. The molecule has 0 aromatic heterocycles. The van der Waals surface area contributed by atoms with Gasteiger partial charge in [0.15, 0.2) is 0 Å². The van der Waals surface area contributed by atoms with E-state index in [1.165, 1.54) is 32.4 Å². The second kappa shape index (κ2) is 4.83. The second-order valence-corrected chi connectivity index (χ2v) is 4.03. The third-order valence-electron chi connectivity index (χ3n) is 3.01. The molecule has 0 aromatic carbocycles. The van der Waals surface area contributed by atoms with Gasteiger partial charge in [-0.3, -0.25) is 0 Å². The van der Waals surface area contributed by atoms with Crippen LogP contribution in [-0.2, 0) is 0 Å². The molecule has 1 atom stereocenters. The van der Waals surface area contributed by atoms with E-state index in [0.717, 1.165) is 12.0 Å². The highest BCUT2D eigenvalue weighted by Crippen LogP contribution is 2.21. The Labute approximate surface area is 76.3 Å². The van der Waals surface area contributed by atoms with Gasteiger partial charge in [-0.1, -0.05) is 6.92 Å². The Morgan fingerprint density at radius 3 is 2.33 bits per heavy atom. The second-order valence-electron chi connectivity index (χ2n) is 4.03. The zero-order chi connectivity index (χ0) is 8.97.